The summed E-state index contributed by atoms with van der Waals surface area (Å²) in [5.41, 5.74) is 5.98. The first kappa shape index (κ1) is 20.5. The molecule has 0 saturated carbocycles. The van der Waals surface area contributed by atoms with Gasteiger partial charge in [-0.15, -0.1) is 11.3 Å². The fourth-order valence-corrected chi connectivity index (χ4v) is 5.47. The number of imidazole rings is 1. The number of aliphatic hydroxyl groups is 1. The van der Waals surface area contributed by atoms with Crippen LogP contribution in [0.5, 0.6) is 0 Å². The number of aromatic nitrogens is 5. The van der Waals surface area contributed by atoms with Crippen molar-refractivity contribution in [3.05, 3.63) is 53.2 Å². The van der Waals surface area contributed by atoms with E-state index >= 15 is 0 Å². The van der Waals surface area contributed by atoms with Gasteiger partial charge in [0.05, 0.1) is 39.2 Å². The summed E-state index contributed by atoms with van der Waals surface area (Å²) in [5.74, 6) is 1.42. The minimum Gasteiger partial charge on any atom is -0.388 e. The van der Waals surface area contributed by atoms with Crippen molar-refractivity contribution in [1.29, 1.82) is 0 Å². The smallest absolute Gasteiger partial charge is 0.147 e. The van der Waals surface area contributed by atoms with Crippen LogP contribution in [0, 0.1) is 0 Å². The van der Waals surface area contributed by atoms with Crippen LogP contribution in [-0.4, -0.2) is 42.2 Å². The van der Waals surface area contributed by atoms with Crippen LogP contribution in [0.15, 0.2) is 30.6 Å². The van der Waals surface area contributed by atoms with Crippen molar-refractivity contribution in [3.8, 4) is 0 Å². The highest BCUT2D eigenvalue weighted by atomic mass is 32.1. The number of hydrogen-bond acceptors (Lipinski definition) is 8. The van der Waals surface area contributed by atoms with Crippen LogP contribution >= 0.6 is 11.3 Å². The van der Waals surface area contributed by atoms with E-state index in [0.717, 1.165) is 67.9 Å². The van der Waals surface area contributed by atoms with Crippen LogP contribution in [0.25, 0.3) is 31.5 Å². The zero-order valence-electron chi connectivity index (χ0n) is 18.5. The third-order valence-corrected chi connectivity index (χ3v) is 7.17. The van der Waals surface area contributed by atoms with Crippen molar-refractivity contribution in [1.82, 2.24) is 24.9 Å². The average molecular weight is 461 g/mol. The Balaban J connectivity index is 1.26. The number of fused-ring (bicyclic) bond motifs is 5. The normalized spacial score (nSPS) is 15.4. The van der Waals surface area contributed by atoms with Gasteiger partial charge in [0.15, 0.2) is 0 Å². The molecule has 0 bridgehead atoms. The number of pyridine rings is 1. The summed E-state index contributed by atoms with van der Waals surface area (Å²) in [4.78, 5) is 22.5. The maximum Gasteiger partial charge on any atom is 0.147 e. The van der Waals surface area contributed by atoms with Crippen LogP contribution in [0.2, 0.25) is 0 Å². The van der Waals surface area contributed by atoms with Gasteiger partial charge in [-0.1, -0.05) is 6.07 Å². The highest BCUT2D eigenvalue weighted by molar-refractivity contribution is 7.25. The van der Waals surface area contributed by atoms with Crippen LogP contribution in [0.1, 0.15) is 36.5 Å². The number of nitrogens with zero attached hydrogens (tertiary/aromatic N) is 4. The summed E-state index contributed by atoms with van der Waals surface area (Å²) < 4.78 is 7.01. The molecule has 0 radical (unpaired) electrons. The standard InChI is InChI=1S/C24H24N6O2S/c1-24(2)9-18-14(11-32-24)8-15-20-21(33-23(15)30-18)22(27-12-26-20)25-6-5-13-3-4-16-17(7-13)29-19(10-31)28-16/h3-4,7-8,12,31H,5-6,9-11H2,1-2H3,(H,28,29)(H,25,26,27). The molecule has 0 spiro atoms. The summed E-state index contributed by atoms with van der Waals surface area (Å²) in [6.45, 7) is 5.44. The second-order valence-electron chi connectivity index (χ2n) is 9.04. The third-order valence-electron chi connectivity index (χ3n) is 6.08. The minimum atomic E-state index is -0.185. The Labute approximate surface area is 194 Å². The second-order valence-corrected chi connectivity index (χ2v) is 10.0. The van der Waals surface area contributed by atoms with E-state index in [1.165, 1.54) is 5.56 Å². The van der Waals surface area contributed by atoms with E-state index in [4.69, 9.17) is 9.72 Å². The molecule has 0 saturated heterocycles. The van der Waals surface area contributed by atoms with Crippen LogP contribution in [0.3, 0.4) is 0 Å². The molecule has 9 heteroatoms. The van der Waals surface area contributed by atoms with E-state index in [1.54, 1.807) is 17.7 Å². The highest BCUT2D eigenvalue weighted by Gasteiger charge is 2.28. The average Bonchev–Trinajstić information content (AvgIpc) is 3.38. The molecule has 3 N–H and O–H groups in total. The first-order chi connectivity index (χ1) is 16.0. The number of benzene rings is 1. The Morgan fingerprint density at radius 2 is 2.12 bits per heavy atom. The van der Waals surface area contributed by atoms with Gasteiger partial charge in [0.25, 0.3) is 0 Å². The molecule has 1 aromatic carbocycles. The first-order valence-corrected chi connectivity index (χ1v) is 11.8. The second kappa shape index (κ2) is 7.72. The van der Waals surface area contributed by atoms with Crippen molar-refractivity contribution in [3.63, 3.8) is 0 Å². The topological polar surface area (TPSA) is 109 Å². The van der Waals surface area contributed by atoms with E-state index in [9.17, 15) is 5.11 Å². The molecule has 5 aromatic rings. The lowest BCUT2D eigenvalue weighted by Gasteiger charge is -2.30. The molecular formula is C24H24N6O2S. The minimum absolute atomic E-state index is 0.0902. The Morgan fingerprint density at radius 3 is 3.00 bits per heavy atom. The molecule has 1 aliphatic rings. The Bertz CT molecular complexity index is 1510. The number of aromatic amines is 1. The van der Waals surface area contributed by atoms with Gasteiger partial charge in [-0.25, -0.2) is 19.9 Å². The molecule has 168 valence electrons. The number of nitrogens with one attached hydrogen (secondary N) is 2. The maximum absolute atomic E-state index is 9.27. The largest absolute Gasteiger partial charge is 0.388 e. The summed E-state index contributed by atoms with van der Waals surface area (Å²) >= 11 is 1.64. The summed E-state index contributed by atoms with van der Waals surface area (Å²) in [6, 6.07) is 8.32. The van der Waals surface area contributed by atoms with Crippen LogP contribution in [-0.2, 0) is 30.8 Å². The first-order valence-electron chi connectivity index (χ1n) is 11.0. The van der Waals surface area contributed by atoms with Gasteiger partial charge in [0.1, 0.15) is 29.4 Å². The van der Waals surface area contributed by atoms with Gasteiger partial charge < -0.3 is 20.1 Å². The van der Waals surface area contributed by atoms with Crippen molar-refractivity contribution in [2.45, 2.75) is 45.5 Å². The van der Waals surface area contributed by atoms with Crippen molar-refractivity contribution in [2.75, 3.05) is 11.9 Å². The van der Waals surface area contributed by atoms with Crippen molar-refractivity contribution < 1.29 is 9.84 Å². The lowest BCUT2D eigenvalue weighted by molar-refractivity contribution is -0.0411. The number of rotatable bonds is 5. The highest BCUT2D eigenvalue weighted by Crippen LogP contribution is 2.38. The molecule has 0 atom stereocenters. The number of thiophene rings is 1. The summed E-state index contributed by atoms with van der Waals surface area (Å²) in [5, 5.41) is 13.8. The summed E-state index contributed by atoms with van der Waals surface area (Å²) in [6.07, 6.45) is 3.25. The zero-order valence-corrected chi connectivity index (χ0v) is 19.3. The van der Waals surface area contributed by atoms with Gasteiger partial charge in [-0.05, 0) is 44.0 Å². The Morgan fingerprint density at radius 1 is 1.21 bits per heavy atom. The predicted octanol–water partition coefficient (Wildman–Crippen LogP) is 4.11. The molecule has 8 nitrogen and oxygen atoms in total. The Kier molecular flexibility index (Phi) is 4.79. The Hall–Kier alpha value is -3.14. The zero-order chi connectivity index (χ0) is 22.6. The van der Waals surface area contributed by atoms with Gasteiger partial charge in [0.2, 0.25) is 0 Å². The van der Waals surface area contributed by atoms with Crippen molar-refractivity contribution in [2.24, 2.45) is 0 Å². The fourth-order valence-electron chi connectivity index (χ4n) is 4.37. The quantitative estimate of drug-likeness (QED) is 0.362. The molecule has 1 aliphatic heterocycles. The van der Waals surface area contributed by atoms with Gasteiger partial charge in [-0.2, -0.15) is 0 Å². The number of aliphatic hydroxyl groups excluding tert-OH is 1. The molecule has 0 fully saturated rings. The number of hydrogen-bond donors (Lipinski definition) is 3. The number of H-pyrrole nitrogens is 1. The van der Waals surface area contributed by atoms with E-state index < -0.39 is 0 Å². The fraction of sp³-hybridized carbons (Fsp3) is 0.333. The number of ether oxygens (including phenoxy) is 1. The van der Waals surface area contributed by atoms with E-state index in [0.29, 0.717) is 12.4 Å². The van der Waals surface area contributed by atoms with E-state index in [-0.39, 0.29) is 12.2 Å². The SMILES string of the molecule is CC1(C)Cc2nc3sc4c(NCCc5ccc6[nH]c(CO)nc6c5)ncnc4c3cc2CO1. The van der Waals surface area contributed by atoms with Crippen LogP contribution < -0.4 is 5.32 Å². The number of anilines is 1. The molecule has 0 unspecified atom stereocenters. The predicted molar refractivity (Wildman–Crippen MR) is 129 cm³/mol. The molecular weight excluding hydrogens is 436 g/mol. The van der Waals surface area contributed by atoms with E-state index in [1.807, 2.05) is 6.07 Å². The lowest BCUT2D eigenvalue weighted by atomic mass is 9.95. The molecule has 6 rings (SSSR count). The van der Waals surface area contributed by atoms with Crippen molar-refractivity contribution >= 4 is 48.6 Å². The molecule has 0 amide bonds. The van der Waals surface area contributed by atoms with Gasteiger partial charge in [0, 0.05) is 23.9 Å². The molecule has 4 aromatic heterocycles. The lowest BCUT2D eigenvalue weighted by Crippen LogP contribution is -2.32. The molecule has 0 aliphatic carbocycles. The maximum atomic E-state index is 9.27. The van der Waals surface area contributed by atoms with Crippen LogP contribution in [0.4, 0.5) is 5.82 Å². The third kappa shape index (κ3) is 3.72. The van der Waals surface area contributed by atoms with Gasteiger partial charge >= 0.3 is 0 Å². The molecule has 5 heterocycles. The van der Waals surface area contributed by atoms with E-state index in [2.05, 4.69) is 57.3 Å². The summed E-state index contributed by atoms with van der Waals surface area (Å²) in [7, 11) is 0. The van der Waals surface area contributed by atoms with Gasteiger partial charge in [-0.3, -0.25) is 0 Å². The molecule has 33 heavy (non-hydrogen) atoms. The monoisotopic (exact) mass is 460 g/mol.